The summed E-state index contributed by atoms with van der Waals surface area (Å²) in [7, 11) is 0. The van der Waals surface area contributed by atoms with Gasteiger partial charge in [-0.1, -0.05) is 6.07 Å². The van der Waals surface area contributed by atoms with E-state index in [4.69, 9.17) is 10.00 Å². The zero-order chi connectivity index (χ0) is 15.2. The second kappa shape index (κ2) is 6.68. The van der Waals surface area contributed by atoms with Crippen LogP contribution < -0.4 is 5.32 Å². The first-order valence-electron chi connectivity index (χ1n) is 6.15. The third-order valence-corrected chi connectivity index (χ3v) is 3.46. The van der Waals surface area contributed by atoms with Gasteiger partial charge in [0.05, 0.1) is 10.4 Å². The first-order chi connectivity index (χ1) is 10.1. The van der Waals surface area contributed by atoms with Gasteiger partial charge in [0.1, 0.15) is 6.07 Å². The molecule has 0 radical (unpaired) electrons. The standard InChI is InChI=1S/C15H12N2O3S/c1-10(9-16)20-15(19)11-4-6-12(7-5-11)17-14(18)13-3-2-8-21-13/h2-8,10H,1H3,(H,17,18). The lowest BCUT2D eigenvalue weighted by atomic mass is 10.2. The van der Waals surface area contributed by atoms with E-state index in [1.54, 1.807) is 24.3 Å². The Balaban J connectivity index is 2.01. The second-order valence-corrected chi connectivity index (χ2v) is 5.13. The number of nitrogens with one attached hydrogen (secondary N) is 1. The molecule has 1 amide bonds. The van der Waals surface area contributed by atoms with Crippen molar-refractivity contribution in [2.45, 2.75) is 13.0 Å². The molecule has 1 atom stereocenters. The minimum atomic E-state index is -0.796. The SMILES string of the molecule is CC(C#N)OC(=O)c1ccc(NC(=O)c2cccs2)cc1. The lowest BCUT2D eigenvalue weighted by Gasteiger charge is -2.07. The largest absolute Gasteiger partial charge is 0.444 e. The summed E-state index contributed by atoms with van der Waals surface area (Å²) in [4.78, 5) is 24.1. The van der Waals surface area contributed by atoms with Crippen molar-refractivity contribution < 1.29 is 14.3 Å². The third kappa shape index (κ3) is 3.91. The maximum atomic E-state index is 11.8. The summed E-state index contributed by atoms with van der Waals surface area (Å²) in [6, 6.07) is 11.6. The molecule has 0 fully saturated rings. The van der Waals surface area contributed by atoms with E-state index in [9.17, 15) is 9.59 Å². The van der Waals surface area contributed by atoms with Gasteiger partial charge >= 0.3 is 5.97 Å². The molecule has 1 N–H and O–H groups in total. The number of rotatable bonds is 4. The molecule has 5 nitrogen and oxygen atoms in total. The highest BCUT2D eigenvalue weighted by Gasteiger charge is 2.12. The van der Waals surface area contributed by atoms with Crippen molar-refractivity contribution in [3.63, 3.8) is 0 Å². The highest BCUT2D eigenvalue weighted by Crippen LogP contribution is 2.15. The molecule has 106 valence electrons. The summed E-state index contributed by atoms with van der Waals surface area (Å²) in [5.41, 5.74) is 0.907. The number of anilines is 1. The van der Waals surface area contributed by atoms with Crippen LogP contribution in [0.4, 0.5) is 5.69 Å². The number of amides is 1. The van der Waals surface area contributed by atoms with Crippen LogP contribution in [0.25, 0.3) is 0 Å². The minimum Gasteiger partial charge on any atom is -0.444 e. The minimum absolute atomic E-state index is 0.196. The number of nitriles is 1. The normalized spacial score (nSPS) is 11.2. The summed E-state index contributed by atoms with van der Waals surface area (Å²) in [6.45, 7) is 1.49. The van der Waals surface area contributed by atoms with Crippen LogP contribution in [0.3, 0.4) is 0 Å². The van der Waals surface area contributed by atoms with E-state index in [-0.39, 0.29) is 5.91 Å². The average molecular weight is 300 g/mol. The first kappa shape index (κ1) is 14.8. The van der Waals surface area contributed by atoms with Crippen molar-refractivity contribution in [2.75, 3.05) is 5.32 Å². The Morgan fingerprint density at radius 2 is 2.00 bits per heavy atom. The Labute approximate surface area is 125 Å². The Bertz CT molecular complexity index is 672. The molecule has 1 aromatic carbocycles. The molecule has 0 bridgehead atoms. The Kier molecular flexibility index (Phi) is 4.69. The number of esters is 1. The fourth-order valence-electron chi connectivity index (χ4n) is 1.55. The van der Waals surface area contributed by atoms with Crippen molar-refractivity contribution in [1.29, 1.82) is 5.26 Å². The number of ether oxygens (including phenoxy) is 1. The highest BCUT2D eigenvalue weighted by atomic mass is 32.1. The van der Waals surface area contributed by atoms with Crippen LogP contribution >= 0.6 is 11.3 Å². The van der Waals surface area contributed by atoms with Gasteiger partial charge in [0.15, 0.2) is 6.10 Å². The van der Waals surface area contributed by atoms with Crippen LogP contribution in [0.2, 0.25) is 0 Å². The maximum absolute atomic E-state index is 11.8. The van der Waals surface area contributed by atoms with Crippen LogP contribution in [0, 0.1) is 11.3 Å². The van der Waals surface area contributed by atoms with E-state index >= 15 is 0 Å². The number of benzene rings is 1. The van der Waals surface area contributed by atoms with Crippen LogP contribution in [0.15, 0.2) is 41.8 Å². The molecule has 0 saturated heterocycles. The van der Waals surface area contributed by atoms with Gasteiger partial charge in [-0.3, -0.25) is 4.79 Å². The fraction of sp³-hybridized carbons (Fsp3) is 0.133. The lowest BCUT2D eigenvalue weighted by Crippen LogP contribution is -2.13. The zero-order valence-corrected chi connectivity index (χ0v) is 12.0. The number of nitrogens with zero attached hydrogens (tertiary/aromatic N) is 1. The van der Waals surface area contributed by atoms with Crippen LogP contribution in [0.5, 0.6) is 0 Å². The smallest absolute Gasteiger partial charge is 0.339 e. The molecule has 0 aliphatic carbocycles. The second-order valence-electron chi connectivity index (χ2n) is 4.19. The number of carbonyl (C=O) groups is 2. The molecule has 1 heterocycles. The van der Waals surface area contributed by atoms with Gasteiger partial charge in [-0.05, 0) is 42.6 Å². The first-order valence-corrected chi connectivity index (χ1v) is 7.03. The Morgan fingerprint density at radius 3 is 2.57 bits per heavy atom. The van der Waals surface area contributed by atoms with Crippen molar-refractivity contribution >= 4 is 28.9 Å². The van der Waals surface area contributed by atoms with E-state index < -0.39 is 12.1 Å². The molecule has 2 aromatic rings. The predicted octanol–water partition coefficient (Wildman–Crippen LogP) is 3.07. The van der Waals surface area contributed by atoms with E-state index in [0.717, 1.165) is 0 Å². The lowest BCUT2D eigenvalue weighted by molar-refractivity contribution is 0.0435. The maximum Gasteiger partial charge on any atom is 0.339 e. The van der Waals surface area contributed by atoms with E-state index in [0.29, 0.717) is 16.1 Å². The molecule has 2 rings (SSSR count). The van der Waals surface area contributed by atoms with Gasteiger partial charge in [-0.15, -0.1) is 11.3 Å². The molecule has 0 aliphatic heterocycles. The van der Waals surface area contributed by atoms with E-state index in [2.05, 4.69) is 5.32 Å². The van der Waals surface area contributed by atoms with Gasteiger partial charge in [-0.25, -0.2) is 4.79 Å². The van der Waals surface area contributed by atoms with Crippen LogP contribution in [0.1, 0.15) is 27.0 Å². The number of hydrogen-bond acceptors (Lipinski definition) is 5. The van der Waals surface area contributed by atoms with Gasteiger partial charge in [0.25, 0.3) is 5.91 Å². The van der Waals surface area contributed by atoms with E-state index in [1.165, 1.54) is 30.4 Å². The van der Waals surface area contributed by atoms with Gasteiger partial charge in [0.2, 0.25) is 0 Å². The zero-order valence-electron chi connectivity index (χ0n) is 11.2. The summed E-state index contributed by atoms with van der Waals surface area (Å²) in [5.74, 6) is -0.765. The molecule has 1 unspecified atom stereocenters. The number of hydrogen-bond donors (Lipinski definition) is 1. The average Bonchev–Trinajstić information content (AvgIpc) is 3.02. The van der Waals surface area contributed by atoms with Crippen molar-refractivity contribution in [1.82, 2.24) is 0 Å². The van der Waals surface area contributed by atoms with E-state index in [1.807, 2.05) is 11.4 Å². The topological polar surface area (TPSA) is 79.2 Å². The molecule has 0 spiro atoms. The number of thiophene rings is 1. The molecule has 1 aromatic heterocycles. The number of carbonyl (C=O) groups excluding carboxylic acids is 2. The van der Waals surface area contributed by atoms with Gasteiger partial charge in [-0.2, -0.15) is 5.26 Å². The Morgan fingerprint density at radius 1 is 1.29 bits per heavy atom. The van der Waals surface area contributed by atoms with Crippen LogP contribution in [-0.4, -0.2) is 18.0 Å². The Hall–Kier alpha value is -2.65. The molecule has 21 heavy (non-hydrogen) atoms. The molecule has 6 heteroatoms. The quantitative estimate of drug-likeness (QED) is 0.880. The highest BCUT2D eigenvalue weighted by molar-refractivity contribution is 7.12. The van der Waals surface area contributed by atoms with Crippen molar-refractivity contribution in [2.24, 2.45) is 0 Å². The summed E-state index contributed by atoms with van der Waals surface area (Å²) < 4.78 is 4.88. The predicted molar refractivity (Wildman–Crippen MR) is 79.2 cm³/mol. The van der Waals surface area contributed by atoms with Crippen molar-refractivity contribution in [3.05, 3.63) is 52.2 Å². The molecular formula is C15H12N2O3S. The monoisotopic (exact) mass is 300 g/mol. The summed E-state index contributed by atoms with van der Waals surface area (Å²) in [5, 5.41) is 13.1. The molecule has 0 saturated carbocycles. The van der Waals surface area contributed by atoms with Crippen molar-refractivity contribution in [3.8, 4) is 6.07 Å². The summed E-state index contributed by atoms with van der Waals surface area (Å²) in [6.07, 6.45) is -0.796. The fourth-order valence-corrected chi connectivity index (χ4v) is 2.16. The molecule has 0 aliphatic rings. The third-order valence-electron chi connectivity index (χ3n) is 2.59. The van der Waals surface area contributed by atoms with Gasteiger partial charge in [0, 0.05) is 5.69 Å². The van der Waals surface area contributed by atoms with Crippen LogP contribution in [-0.2, 0) is 4.74 Å². The summed E-state index contributed by atoms with van der Waals surface area (Å²) >= 11 is 1.35. The molecular weight excluding hydrogens is 288 g/mol. The van der Waals surface area contributed by atoms with Gasteiger partial charge < -0.3 is 10.1 Å².